The Bertz CT molecular complexity index is 322. The second-order valence-electron chi connectivity index (χ2n) is 2.71. The van der Waals surface area contributed by atoms with E-state index in [1.807, 2.05) is 0 Å². The smallest absolute Gasteiger partial charge is 0.347 e. The number of rotatable bonds is 3. The van der Waals surface area contributed by atoms with Gasteiger partial charge in [0.1, 0.15) is 5.69 Å². The van der Waals surface area contributed by atoms with Crippen molar-refractivity contribution in [3.8, 4) is 0 Å². The van der Waals surface area contributed by atoms with E-state index in [9.17, 15) is 10.1 Å². The lowest BCUT2D eigenvalue weighted by atomic mass is 10.4. The molecule has 0 unspecified atom stereocenters. The zero-order valence-electron chi connectivity index (χ0n) is 7.35. The molecule has 6 heteroatoms. The molecule has 1 rings (SSSR count). The first-order valence-corrected chi connectivity index (χ1v) is 4.43. The van der Waals surface area contributed by atoms with Crippen LogP contribution in [0.4, 0.5) is 10.7 Å². The first-order chi connectivity index (χ1) is 6.06. The lowest BCUT2D eigenvalue weighted by Crippen LogP contribution is -2.09. The number of anilines is 1. The molecule has 5 nitrogen and oxygen atoms in total. The second kappa shape index (κ2) is 3.71. The van der Waals surface area contributed by atoms with Crippen LogP contribution in [0, 0.1) is 10.1 Å². The largest absolute Gasteiger partial charge is 0.391 e. The fourth-order valence-corrected chi connectivity index (χ4v) is 1.85. The van der Waals surface area contributed by atoms with Crippen molar-refractivity contribution in [3.63, 3.8) is 0 Å². The second-order valence-corrected chi connectivity index (χ2v) is 3.83. The van der Waals surface area contributed by atoms with Crippen molar-refractivity contribution in [2.24, 2.45) is 0 Å². The SMILES string of the molecule is CN(C)c1cc(CO)sc1[N+](=O)[O-]. The molecule has 0 aromatic carbocycles. The van der Waals surface area contributed by atoms with Crippen LogP contribution in [0.5, 0.6) is 0 Å². The molecule has 1 aromatic heterocycles. The Morgan fingerprint density at radius 1 is 1.69 bits per heavy atom. The van der Waals surface area contributed by atoms with Gasteiger partial charge in [-0.05, 0) is 6.07 Å². The van der Waals surface area contributed by atoms with E-state index in [1.54, 1.807) is 25.1 Å². The average Bonchev–Trinajstić information content (AvgIpc) is 2.47. The summed E-state index contributed by atoms with van der Waals surface area (Å²) in [5.41, 5.74) is 0.541. The van der Waals surface area contributed by atoms with E-state index in [0.717, 1.165) is 11.3 Å². The summed E-state index contributed by atoms with van der Waals surface area (Å²) >= 11 is 1.01. The number of nitrogens with zero attached hydrogens (tertiary/aromatic N) is 2. The monoisotopic (exact) mass is 202 g/mol. The highest BCUT2D eigenvalue weighted by molar-refractivity contribution is 7.16. The molecule has 0 atom stereocenters. The summed E-state index contributed by atoms with van der Waals surface area (Å²) in [5, 5.41) is 19.4. The van der Waals surface area contributed by atoms with E-state index >= 15 is 0 Å². The van der Waals surface area contributed by atoms with Gasteiger partial charge in [-0.3, -0.25) is 10.1 Å². The zero-order valence-corrected chi connectivity index (χ0v) is 8.17. The maximum absolute atomic E-state index is 10.6. The van der Waals surface area contributed by atoms with Gasteiger partial charge in [0.2, 0.25) is 0 Å². The zero-order chi connectivity index (χ0) is 10.0. The van der Waals surface area contributed by atoms with E-state index in [2.05, 4.69) is 0 Å². The highest BCUT2D eigenvalue weighted by atomic mass is 32.1. The minimum Gasteiger partial charge on any atom is -0.391 e. The third-order valence-electron chi connectivity index (χ3n) is 1.55. The van der Waals surface area contributed by atoms with Crippen LogP contribution in [0.1, 0.15) is 4.88 Å². The first kappa shape index (κ1) is 9.94. The van der Waals surface area contributed by atoms with Crippen LogP contribution in [-0.4, -0.2) is 24.1 Å². The van der Waals surface area contributed by atoms with Gasteiger partial charge in [-0.25, -0.2) is 0 Å². The van der Waals surface area contributed by atoms with Gasteiger partial charge in [0.25, 0.3) is 0 Å². The van der Waals surface area contributed by atoms with E-state index in [-0.39, 0.29) is 11.6 Å². The van der Waals surface area contributed by atoms with E-state index in [4.69, 9.17) is 5.11 Å². The number of hydrogen-bond donors (Lipinski definition) is 1. The van der Waals surface area contributed by atoms with Crippen molar-refractivity contribution in [3.05, 3.63) is 21.1 Å². The lowest BCUT2D eigenvalue weighted by molar-refractivity contribution is -0.379. The van der Waals surface area contributed by atoms with Crippen LogP contribution < -0.4 is 4.90 Å². The molecule has 0 fully saturated rings. The number of hydrogen-bond acceptors (Lipinski definition) is 5. The molecule has 1 N–H and O–H groups in total. The number of nitro groups is 1. The Kier molecular flexibility index (Phi) is 2.84. The van der Waals surface area contributed by atoms with Gasteiger partial charge < -0.3 is 10.0 Å². The standard InChI is InChI=1S/C7H10N2O3S/c1-8(2)6-3-5(4-10)13-7(6)9(11)12/h3,10H,4H2,1-2H3. The molecule has 0 aliphatic carbocycles. The minimum atomic E-state index is -0.431. The molecule has 0 saturated carbocycles. The van der Waals surface area contributed by atoms with Crippen molar-refractivity contribution in [1.82, 2.24) is 0 Å². The summed E-state index contributed by atoms with van der Waals surface area (Å²) in [6, 6.07) is 1.63. The van der Waals surface area contributed by atoms with E-state index in [1.165, 1.54) is 0 Å². The molecular weight excluding hydrogens is 192 g/mol. The molecule has 0 amide bonds. The van der Waals surface area contributed by atoms with Crippen LogP contribution in [0.3, 0.4) is 0 Å². The van der Waals surface area contributed by atoms with Gasteiger partial charge >= 0.3 is 5.00 Å². The Balaban J connectivity index is 3.15. The molecule has 0 saturated heterocycles. The molecule has 1 heterocycles. The van der Waals surface area contributed by atoms with Crippen LogP contribution in [0.25, 0.3) is 0 Å². The topological polar surface area (TPSA) is 66.6 Å². The maximum atomic E-state index is 10.6. The first-order valence-electron chi connectivity index (χ1n) is 3.61. The summed E-state index contributed by atoms with van der Waals surface area (Å²) in [6.07, 6.45) is 0. The molecule has 0 radical (unpaired) electrons. The maximum Gasteiger partial charge on any atom is 0.347 e. The molecule has 1 aromatic rings. The molecule has 72 valence electrons. The molecule has 0 bridgehead atoms. The van der Waals surface area contributed by atoms with E-state index < -0.39 is 4.92 Å². The molecule has 0 aliphatic heterocycles. The Morgan fingerprint density at radius 3 is 2.62 bits per heavy atom. The van der Waals surface area contributed by atoms with Gasteiger partial charge in [-0.15, -0.1) is 0 Å². The van der Waals surface area contributed by atoms with Crippen molar-refractivity contribution in [1.29, 1.82) is 0 Å². The molecule has 13 heavy (non-hydrogen) atoms. The van der Waals surface area contributed by atoms with E-state index in [0.29, 0.717) is 10.6 Å². The number of aliphatic hydroxyl groups is 1. The van der Waals surface area contributed by atoms with Crippen molar-refractivity contribution in [2.75, 3.05) is 19.0 Å². The van der Waals surface area contributed by atoms with Crippen molar-refractivity contribution >= 4 is 22.0 Å². The van der Waals surface area contributed by atoms with Gasteiger partial charge in [0.15, 0.2) is 0 Å². The van der Waals surface area contributed by atoms with Gasteiger partial charge in [-0.2, -0.15) is 0 Å². The van der Waals surface area contributed by atoms with Crippen molar-refractivity contribution < 1.29 is 10.0 Å². The number of thiophene rings is 1. The summed E-state index contributed by atoms with van der Waals surface area (Å²) in [6.45, 7) is -0.153. The van der Waals surface area contributed by atoms with Gasteiger partial charge in [0, 0.05) is 19.0 Å². The van der Waals surface area contributed by atoms with Crippen LogP contribution in [-0.2, 0) is 6.61 Å². The van der Waals surface area contributed by atoms with Gasteiger partial charge in [0.05, 0.1) is 11.5 Å². The predicted octanol–water partition coefficient (Wildman–Crippen LogP) is 1.21. The summed E-state index contributed by atoms with van der Waals surface area (Å²) in [4.78, 5) is 12.4. The normalized spacial score (nSPS) is 10.1. The minimum absolute atomic E-state index is 0.0778. The number of aliphatic hydroxyl groups excluding tert-OH is 1. The third-order valence-corrected chi connectivity index (χ3v) is 2.61. The summed E-state index contributed by atoms with van der Waals surface area (Å²) < 4.78 is 0. The Morgan fingerprint density at radius 2 is 2.31 bits per heavy atom. The van der Waals surface area contributed by atoms with Crippen molar-refractivity contribution in [2.45, 2.75) is 6.61 Å². The molecular formula is C7H10N2O3S. The predicted molar refractivity (Wildman–Crippen MR) is 51.2 cm³/mol. The van der Waals surface area contributed by atoms with Crippen LogP contribution in [0.2, 0.25) is 0 Å². The van der Waals surface area contributed by atoms with Gasteiger partial charge in [-0.1, -0.05) is 11.3 Å². The fraction of sp³-hybridized carbons (Fsp3) is 0.429. The average molecular weight is 202 g/mol. The Hall–Kier alpha value is -1.14. The highest BCUT2D eigenvalue weighted by Gasteiger charge is 2.19. The molecule has 0 spiro atoms. The fourth-order valence-electron chi connectivity index (χ4n) is 0.949. The summed E-state index contributed by atoms with van der Waals surface area (Å²) in [5.74, 6) is 0. The van der Waals surface area contributed by atoms with Crippen LogP contribution in [0.15, 0.2) is 6.07 Å². The molecule has 0 aliphatic rings. The highest BCUT2D eigenvalue weighted by Crippen LogP contribution is 2.36. The quantitative estimate of drug-likeness (QED) is 0.591. The Labute approximate surface area is 79.4 Å². The summed E-state index contributed by atoms with van der Waals surface area (Å²) in [7, 11) is 3.46. The van der Waals surface area contributed by atoms with Crippen LogP contribution >= 0.6 is 11.3 Å². The third kappa shape index (κ3) is 1.96. The lowest BCUT2D eigenvalue weighted by Gasteiger charge is -2.07.